The minimum absolute atomic E-state index is 0.107. The van der Waals surface area contributed by atoms with Gasteiger partial charge in [0.2, 0.25) is 11.8 Å². The van der Waals surface area contributed by atoms with E-state index < -0.39 is 17.9 Å². The molecule has 3 atom stereocenters. The number of hydrogen-bond acceptors (Lipinski definition) is 3. The summed E-state index contributed by atoms with van der Waals surface area (Å²) in [5.41, 5.74) is 7.31. The minimum Gasteiger partial charge on any atom is -0.390 e. The maximum absolute atomic E-state index is 12.0. The molecule has 1 saturated heterocycles. The van der Waals surface area contributed by atoms with Gasteiger partial charge in [-0.15, -0.1) is 0 Å². The van der Waals surface area contributed by atoms with Crippen molar-refractivity contribution in [3.63, 3.8) is 0 Å². The highest BCUT2D eigenvalue weighted by Crippen LogP contribution is 2.38. The van der Waals surface area contributed by atoms with Crippen molar-refractivity contribution in [3.8, 4) is 0 Å². The molecule has 2 amide bonds. The number of primary amides is 1. The maximum atomic E-state index is 12.0. The molecule has 0 saturated carbocycles. The Morgan fingerprint density at radius 2 is 2.05 bits per heavy atom. The number of fused-ring (bicyclic) bond motifs is 1. The average molecular weight is 260 g/mol. The molecule has 0 aromatic heterocycles. The Labute approximate surface area is 111 Å². The third-order valence-corrected chi connectivity index (χ3v) is 4.06. The SMILES string of the molecule is NC(=O)C1CC(=O)N([C@@H]2c3ccccc3C[C@@H]2O)C1. The fraction of sp³-hybridized carbons (Fsp3) is 0.429. The first-order valence-electron chi connectivity index (χ1n) is 6.42. The first-order chi connectivity index (χ1) is 9.08. The van der Waals surface area contributed by atoms with E-state index in [-0.39, 0.29) is 18.4 Å². The van der Waals surface area contributed by atoms with E-state index >= 15 is 0 Å². The van der Waals surface area contributed by atoms with Crippen molar-refractivity contribution >= 4 is 11.8 Å². The van der Waals surface area contributed by atoms with Crippen LogP contribution in [0.2, 0.25) is 0 Å². The predicted molar refractivity (Wildman–Crippen MR) is 67.9 cm³/mol. The second-order valence-electron chi connectivity index (χ2n) is 5.26. The maximum Gasteiger partial charge on any atom is 0.224 e. The van der Waals surface area contributed by atoms with Crippen LogP contribution in [0.15, 0.2) is 24.3 Å². The highest BCUT2D eigenvalue weighted by molar-refractivity contribution is 5.88. The van der Waals surface area contributed by atoms with E-state index in [1.54, 1.807) is 4.90 Å². The molecule has 5 heteroatoms. The zero-order valence-electron chi connectivity index (χ0n) is 10.5. The van der Waals surface area contributed by atoms with Gasteiger partial charge in [-0.05, 0) is 11.1 Å². The molecule has 0 bridgehead atoms. The summed E-state index contributed by atoms with van der Waals surface area (Å²) in [5.74, 6) is -0.992. The van der Waals surface area contributed by atoms with Gasteiger partial charge in [0.25, 0.3) is 0 Å². The van der Waals surface area contributed by atoms with Gasteiger partial charge < -0.3 is 15.7 Å². The summed E-state index contributed by atoms with van der Waals surface area (Å²) >= 11 is 0. The van der Waals surface area contributed by atoms with Gasteiger partial charge in [0.1, 0.15) is 0 Å². The summed E-state index contributed by atoms with van der Waals surface area (Å²) in [5, 5.41) is 10.2. The number of aliphatic hydroxyl groups is 1. The van der Waals surface area contributed by atoms with Gasteiger partial charge in [0.15, 0.2) is 0 Å². The number of benzene rings is 1. The molecule has 1 aromatic carbocycles. The summed E-state index contributed by atoms with van der Waals surface area (Å²) in [6.45, 7) is 0.310. The third-order valence-electron chi connectivity index (χ3n) is 4.06. The Kier molecular flexibility index (Phi) is 2.78. The molecule has 3 N–H and O–H groups in total. The second-order valence-corrected chi connectivity index (χ2v) is 5.26. The van der Waals surface area contributed by atoms with Crippen LogP contribution in [0.25, 0.3) is 0 Å². The van der Waals surface area contributed by atoms with Gasteiger partial charge >= 0.3 is 0 Å². The summed E-state index contributed by atoms with van der Waals surface area (Å²) in [6, 6.07) is 7.38. The van der Waals surface area contributed by atoms with Crippen LogP contribution < -0.4 is 5.73 Å². The lowest BCUT2D eigenvalue weighted by molar-refractivity contribution is -0.132. The number of likely N-dealkylation sites (tertiary alicyclic amines) is 1. The van der Waals surface area contributed by atoms with Crippen LogP contribution >= 0.6 is 0 Å². The van der Waals surface area contributed by atoms with E-state index in [0.29, 0.717) is 13.0 Å². The van der Waals surface area contributed by atoms with Crippen LogP contribution in [0.1, 0.15) is 23.6 Å². The number of carbonyl (C=O) groups is 2. The largest absolute Gasteiger partial charge is 0.390 e. The Bertz CT molecular complexity index is 543. The lowest BCUT2D eigenvalue weighted by Gasteiger charge is -2.27. The molecule has 100 valence electrons. The van der Waals surface area contributed by atoms with Gasteiger partial charge in [0.05, 0.1) is 18.1 Å². The molecule has 1 unspecified atom stereocenters. The molecule has 1 fully saturated rings. The topological polar surface area (TPSA) is 83.6 Å². The van der Waals surface area contributed by atoms with Crippen LogP contribution in [-0.2, 0) is 16.0 Å². The fourth-order valence-electron chi connectivity index (χ4n) is 3.12. The lowest BCUT2D eigenvalue weighted by Crippen LogP contribution is -2.36. The highest BCUT2D eigenvalue weighted by atomic mass is 16.3. The summed E-state index contributed by atoms with van der Waals surface area (Å²) in [6.07, 6.45) is 0.0972. The number of amides is 2. The number of nitrogens with two attached hydrogens (primary N) is 1. The van der Waals surface area contributed by atoms with Crippen LogP contribution in [0.4, 0.5) is 0 Å². The van der Waals surface area contributed by atoms with Crippen LogP contribution in [0, 0.1) is 5.92 Å². The molecule has 19 heavy (non-hydrogen) atoms. The van der Waals surface area contributed by atoms with Crippen molar-refractivity contribution in [1.82, 2.24) is 4.90 Å². The average Bonchev–Trinajstić information content (AvgIpc) is 2.88. The highest BCUT2D eigenvalue weighted by Gasteiger charge is 2.43. The Hall–Kier alpha value is -1.88. The molecule has 1 aliphatic carbocycles. The zero-order chi connectivity index (χ0) is 13.6. The number of aliphatic hydroxyl groups excluding tert-OH is 1. The quantitative estimate of drug-likeness (QED) is 0.783. The normalized spacial score (nSPS) is 29.6. The molecule has 2 aliphatic rings. The van der Waals surface area contributed by atoms with Crippen molar-refractivity contribution in [2.45, 2.75) is 25.0 Å². The van der Waals surface area contributed by atoms with E-state index in [4.69, 9.17) is 5.73 Å². The monoisotopic (exact) mass is 260 g/mol. The Balaban J connectivity index is 1.91. The van der Waals surface area contributed by atoms with Crippen LogP contribution in [0.3, 0.4) is 0 Å². The molecular formula is C14H16N2O3. The zero-order valence-corrected chi connectivity index (χ0v) is 10.5. The van der Waals surface area contributed by atoms with E-state index in [0.717, 1.165) is 11.1 Å². The van der Waals surface area contributed by atoms with Crippen molar-refractivity contribution < 1.29 is 14.7 Å². The number of rotatable bonds is 2. The molecule has 1 aliphatic heterocycles. The molecule has 1 heterocycles. The summed E-state index contributed by atoms with van der Waals surface area (Å²) < 4.78 is 0. The standard InChI is InChI=1S/C14H16N2O3/c15-14(19)9-6-12(18)16(7-9)13-10-4-2-1-3-8(10)5-11(13)17/h1-4,9,11,13,17H,5-7H2,(H2,15,19)/t9?,11-,13+/m0/s1. The van der Waals surface area contributed by atoms with Gasteiger partial charge in [-0.3, -0.25) is 9.59 Å². The van der Waals surface area contributed by atoms with Crippen molar-refractivity contribution in [2.75, 3.05) is 6.54 Å². The van der Waals surface area contributed by atoms with E-state index in [2.05, 4.69) is 0 Å². The molecule has 1 aromatic rings. The summed E-state index contributed by atoms with van der Waals surface area (Å²) in [7, 11) is 0. The smallest absolute Gasteiger partial charge is 0.224 e. The Morgan fingerprint density at radius 1 is 1.32 bits per heavy atom. The molecule has 5 nitrogen and oxygen atoms in total. The first-order valence-corrected chi connectivity index (χ1v) is 6.42. The predicted octanol–water partition coefficient (Wildman–Crippen LogP) is -0.0215. The lowest BCUT2D eigenvalue weighted by atomic mass is 10.1. The van der Waals surface area contributed by atoms with Gasteiger partial charge in [0, 0.05) is 19.4 Å². The van der Waals surface area contributed by atoms with Crippen molar-refractivity contribution in [3.05, 3.63) is 35.4 Å². The second kappa shape index (κ2) is 4.35. The number of nitrogens with zero attached hydrogens (tertiary/aromatic N) is 1. The molecule has 0 radical (unpaired) electrons. The van der Waals surface area contributed by atoms with Gasteiger partial charge in [-0.1, -0.05) is 24.3 Å². The van der Waals surface area contributed by atoms with E-state index in [9.17, 15) is 14.7 Å². The van der Waals surface area contributed by atoms with E-state index in [1.165, 1.54) is 0 Å². The molecule has 3 rings (SSSR count). The first kappa shape index (κ1) is 12.2. The molecule has 0 spiro atoms. The third kappa shape index (κ3) is 1.90. The van der Waals surface area contributed by atoms with Crippen molar-refractivity contribution in [1.29, 1.82) is 0 Å². The van der Waals surface area contributed by atoms with Crippen LogP contribution in [0.5, 0.6) is 0 Å². The Morgan fingerprint density at radius 3 is 2.74 bits per heavy atom. The number of carbonyl (C=O) groups excluding carboxylic acids is 2. The van der Waals surface area contributed by atoms with Crippen molar-refractivity contribution in [2.24, 2.45) is 11.7 Å². The minimum atomic E-state index is -0.604. The van der Waals surface area contributed by atoms with E-state index in [1.807, 2.05) is 24.3 Å². The molecular weight excluding hydrogens is 244 g/mol. The fourth-order valence-corrected chi connectivity index (χ4v) is 3.12. The van der Waals surface area contributed by atoms with Gasteiger partial charge in [-0.25, -0.2) is 0 Å². The van der Waals surface area contributed by atoms with Crippen LogP contribution in [-0.4, -0.2) is 34.5 Å². The van der Waals surface area contributed by atoms with Gasteiger partial charge in [-0.2, -0.15) is 0 Å². The number of hydrogen-bond donors (Lipinski definition) is 2. The summed E-state index contributed by atoms with van der Waals surface area (Å²) in [4.78, 5) is 24.9.